The minimum absolute atomic E-state index is 0.0678. The summed E-state index contributed by atoms with van der Waals surface area (Å²) in [6, 6.07) is 2.64. The lowest BCUT2D eigenvalue weighted by molar-refractivity contribution is 0.500. The zero-order chi connectivity index (χ0) is 11.2. The van der Waals surface area contributed by atoms with Crippen LogP contribution in [0.3, 0.4) is 0 Å². The van der Waals surface area contributed by atoms with Crippen molar-refractivity contribution in [3.8, 4) is 0 Å². The van der Waals surface area contributed by atoms with E-state index in [4.69, 9.17) is 11.5 Å². The molecule has 0 radical (unpaired) electrons. The van der Waals surface area contributed by atoms with Crippen molar-refractivity contribution in [1.82, 2.24) is 0 Å². The Morgan fingerprint density at radius 1 is 1.33 bits per heavy atom. The number of nitrogens with two attached hydrogens (primary N) is 2. The number of anilines is 1. The van der Waals surface area contributed by atoms with Gasteiger partial charge in [0.05, 0.1) is 5.69 Å². The van der Waals surface area contributed by atoms with Gasteiger partial charge in [0.25, 0.3) is 0 Å². The Morgan fingerprint density at radius 3 is 2.33 bits per heavy atom. The Bertz CT molecular complexity index is 375. The van der Waals surface area contributed by atoms with Crippen LogP contribution in [0.1, 0.15) is 25.3 Å². The fourth-order valence-corrected chi connectivity index (χ4v) is 2.04. The Balaban J connectivity index is 2.47. The molecule has 0 spiro atoms. The molecule has 1 aromatic rings. The predicted octanol–water partition coefficient (Wildman–Crippen LogP) is 1.93. The van der Waals surface area contributed by atoms with E-state index in [-0.39, 0.29) is 17.1 Å². The van der Waals surface area contributed by atoms with Gasteiger partial charge in [0, 0.05) is 11.5 Å². The lowest BCUT2D eigenvalue weighted by Crippen LogP contribution is -2.31. The summed E-state index contributed by atoms with van der Waals surface area (Å²) in [7, 11) is 0. The van der Waals surface area contributed by atoms with Crippen LogP contribution in [-0.2, 0) is 5.41 Å². The minimum atomic E-state index is -0.973. The number of hydrogen-bond donors (Lipinski definition) is 2. The van der Waals surface area contributed by atoms with E-state index in [9.17, 15) is 8.78 Å². The van der Waals surface area contributed by atoms with E-state index in [1.165, 1.54) is 12.1 Å². The summed E-state index contributed by atoms with van der Waals surface area (Å²) in [6.45, 7) is 1.88. The predicted molar refractivity (Wildman–Crippen MR) is 55.3 cm³/mol. The van der Waals surface area contributed by atoms with E-state index >= 15 is 0 Å². The van der Waals surface area contributed by atoms with Crippen LogP contribution in [0.5, 0.6) is 0 Å². The molecule has 4 N–H and O–H groups in total. The maximum atomic E-state index is 13.2. The molecule has 1 fully saturated rings. The topological polar surface area (TPSA) is 52.0 Å². The number of benzene rings is 1. The zero-order valence-electron chi connectivity index (χ0n) is 8.56. The molecule has 1 saturated carbocycles. The van der Waals surface area contributed by atoms with Crippen LogP contribution >= 0.6 is 0 Å². The van der Waals surface area contributed by atoms with Gasteiger partial charge in [-0.1, -0.05) is 0 Å². The van der Waals surface area contributed by atoms with Crippen molar-refractivity contribution >= 4 is 5.69 Å². The summed E-state index contributed by atoms with van der Waals surface area (Å²) in [5.74, 6) is -1.86. The van der Waals surface area contributed by atoms with E-state index in [1.54, 1.807) is 0 Å². The van der Waals surface area contributed by atoms with Crippen LogP contribution in [-0.4, -0.2) is 6.04 Å². The Hall–Kier alpha value is -1.16. The Morgan fingerprint density at radius 2 is 1.93 bits per heavy atom. The molecule has 1 atom stereocenters. The Labute approximate surface area is 87.3 Å². The van der Waals surface area contributed by atoms with Crippen molar-refractivity contribution in [2.24, 2.45) is 5.73 Å². The number of rotatable bonds is 2. The third-order valence-electron chi connectivity index (χ3n) is 3.29. The summed E-state index contributed by atoms with van der Waals surface area (Å²) < 4.78 is 26.2. The summed E-state index contributed by atoms with van der Waals surface area (Å²) in [6.07, 6.45) is 1.82. The SMILES string of the molecule is CC(N)C1(c2cc(N)c(F)c(F)c2)CC1. The van der Waals surface area contributed by atoms with Gasteiger partial charge in [0.2, 0.25) is 0 Å². The van der Waals surface area contributed by atoms with Crippen LogP contribution in [0.2, 0.25) is 0 Å². The van der Waals surface area contributed by atoms with Crippen molar-refractivity contribution in [3.05, 3.63) is 29.3 Å². The van der Waals surface area contributed by atoms with Crippen LogP contribution in [0.25, 0.3) is 0 Å². The third-order valence-corrected chi connectivity index (χ3v) is 3.29. The number of nitrogen functional groups attached to an aromatic ring is 1. The van der Waals surface area contributed by atoms with Crippen LogP contribution in [0.4, 0.5) is 14.5 Å². The molecule has 0 bridgehead atoms. The fourth-order valence-electron chi connectivity index (χ4n) is 2.04. The first-order valence-electron chi connectivity index (χ1n) is 4.98. The van der Waals surface area contributed by atoms with Crippen LogP contribution < -0.4 is 11.5 Å². The number of halogens is 2. The maximum absolute atomic E-state index is 13.2. The molecule has 2 nitrogen and oxygen atoms in total. The van der Waals surface area contributed by atoms with Crippen molar-refractivity contribution in [3.63, 3.8) is 0 Å². The molecular weight excluding hydrogens is 198 g/mol. The molecule has 0 saturated heterocycles. The van der Waals surface area contributed by atoms with Gasteiger partial charge in [0.1, 0.15) is 0 Å². The molecule has 0 heterocycles. The van der Waals surface area contributed by atoms with E-state index < -0.39 is 11.6 Å². The lowest BCUT2D eigenvalue weighted by Gasteiger charge is -2.20. The smallest absolute Gasteiger partial charge is 0.181 e. The maximum Gasteiger partial charge on any atom is 0.181 e. The second-order valence-electron chi connectivity index (χ2n) is 4.31. The molecule has 1 aliphatic carbocycles. The summed E-state index contributed by atoms with van der Waals surface area (Å²) >= 11 is 0. The fraction of sp³-hybridized carbons (Fsp3) is 0.455. The highest BCUT2D eigenvalue weighted by Crippen LogP contribution is 2.50. The third kappa shape index (κ3) is 1.49. The summed E-state index contributed by atoms with van der Waals surface area (Å²) in [5, 5.41) is 0. The second-order valence-corrected chi connectivity index (χ2v) is 4.31. The van der Waals surface area contributed by atoms with Gasteiger partial charge in [-0.25, -0.2) is 8.78 Å². The lowest BCUT2D eigenvalue weighted by atomic mass is 9.89. The first kappa shape index (κ1) is 10.4. The molecule has 0 amide bonds. The Kier molecular flexibility index (Phi) is 2.19. The van der Waals surface area contributed by atoms with Gasteiger partial charge < -0.3 is 11.5 Å². The molecular formula is C11H14F2N2. The second kappa shape index (κ2) is 3.17. The molecule has 1 aromatic carbocycles. The van der Waals surface area contributed by atoms with Gasteiger partial charge in [-0.2, -0.15) is 0 Å². The standard InChI is InChI=1S/C11H14F2N2/c1-6(14)11(2-3-11)7-4-8(12)10(13)9(15)5-7/h4-6H,2-3,14-15H2,1H3. The molecule has 1 unspecified atom stereocenters. The molecule has 0 aliphatic heterocycles. The van der Waals surface area contributed by atoms with Crippen molar-refractivity contribution in [2.45, 2.75) is 31.2 Å². The molecule has 1 aliphatic rings. The van der Waals surface area contributed by atoms with Gasteiger partial charge in [-0.05, 0) is 37.5 Å². The molecule has 2 rings (SSSR count). The van der Waals surface area contributed by atoms with Crippen molar-refractivity contribution in [1.29, 1.82) is 0 Å². The van der Waals surface area contributed by atoms with Crippen LogP contribution in [0.15, 0.2) is 12.1 Å². The monoisotopic (exact) mass is 212 g/mol. The van der Waals surface area contributed by atoms with Crippen molar-refractivity contribution in [2.75, 3.05) is 5.73 Å². The van der Waals surface area contributed by atoms with Gasteiger partial charge >= 0.3 is 0 Å². The highest BCUT2D eigenvalue weighted by Gasteiger charge is 2.47. The minimum Gasteiger partial charge on any atom is -0.396 e. The molecule has 0 aromatic heterocycles. The molecule has 15 heavy (non-hydrogen) atoms. The van der Waals surface area contributed by atoms with Crippen molar-refractivity contribution < 1.29 is 8.78 Å². The summed E-state index contributed by atoms with van der Waals surface area (Å²) in [4.78, 5) is 0. The molecule has 4 heteroatoms. The largest absolute Gasteiger partial charge is 0.396 e. The highest BCUT2D eigenvalue weighted by atomic mass is 19.2. The average Bonchev–Trinajstić information content (AvgIpc) is 2.93. The van der Waals surface area contributed by atoms with E-state index in [1.807, 2.05) is 6.92 Å². The highest BCUT2D eigenvalue weighted by molar-refractivity contribution is 5.48. The first-order chi connectivity index (χ1) is 6.97. The molecule has 82 valence electrons. The normalized spacial score (nSPS) is 20.0. The number of hydrogen-bond acceptors (Lipinski definition) is 2. The van der Waals surface area contributed by atoms with Gasteiger partial charge in [0.15, 0.2) is 11.6 Å². The van der Waals surface area contributed by atoms with E-state index in [0.717, 1.165) is 12.8 Å². The van der Waals surface area contributed by atoms with Crippen LogP contribution in [0, 0.1) is 11.6 Å². The summed E-state index contributed by atoms with van der Waals surface area (Å²) in [5.41, 5.74) is 11.6. The van der Waals surface area contributed by atoms with Gasteiger partial charge in [-0.3, -0.25) is 0 Å². The quantitative estimate of drug-likeness (QED) is 0.736. The van der Waals surface area contributed by atoms with E-state index in [2.05, 4.69) is 0 Å². The average molecular weight is 212 g/mol. The van der Waals surface area contributed by atoms with Gasteiger partial charge in [-0.15, -0.1) is 0 Å². The first-order valence-corrected chi connectivity index (χ1v) is 4.98. The van der Waals surface area contributed by atoms with E-state index in [0.29, 0.717) is 5.56 Å². The zero-order valence-corrected chi connectivity index (χ0v) is 8.56.